The van der Waals surface area contributed by atoms with Crippen LogP contribution < -0.4 is 0 Å². The maximum atomic E-state index is 5.39. The van der Waals surface area contributed by atoms with Gasteiger partial charge in [-0.05, 0) is 40.0 Å². The van der Waals surface area contributed by atoms with E-state index in [4.69, 9.17) is 14.2 Å². The molecule has 0 atom stereocenters. The summed E-state index contributed by atoms with van der Waals surface area (Å²) in [6, 6.07) is 0. The molecule has 0 aromatic carbocycles. The van der Waals surface area contributed by atoms with Crippen LogP contribution in [0.25, 0.3) is 0 Å². The topological polar surface area (TPSA) is 30.9 Å². The van der Waals surface area contributed by atoms with E-state index in [1.807, 2.05) is 20.8 Å². The summed E-state index contributed by atoms with van der Waals surface area (Å²) >= 11 is 0. The van der Waals surface area contributed by atoms with Crippen molar-refractivity contribution in [2.24, 2.45) is 0 Å². The minimum Gasteiger partial charge on any atom is -0.382 e. The van der Waals surface area contributed by atoms with E-state index in [1.165, 1.54) is 0 Å². The van der Waals surface area contributed by atoms with E-state index in [0.29, 0.717) is 0 Å². The highest BCUT2D eigenvalue weighted by atomic mass is 16.5. The van der Waals surface area contributed by atoms with Crippen molar-refractivity contribution in [2.75, 3.05) is 59.3 Å². The first-order valence-corrected chi connectivity index (χ1v) is 7.80. The summed E-state index contributed by atoms with van der Waals surface area (Å²) in [5.41, 5.74) is 0. The van der Waals surface area contributed by atoms with Crippen LogP contribution in [0.1, 0.15) is 40.0 Å². The summed E-state index contributed by atoms with van der Waals surface area (Å²) in [4.78, 5) is 2.50. The molecular weight excluding hydrogens is 242 g/mol. The van der Waals surface area contributed by atoms with Crippen LogP contribution in [0, 0.1) is 0 Å². The van der Waals surface area contributed by atoms with Crippen molar-refractivity contribution in [3.8, 4) is 0 Å². The van der Waals surface area contributed by atoms with Gasteiger partial charge < -0.3 is 19.1 Å². The molecule has 0 saturated carbocycles. The first kappa shape index (κ1) is 18.8. The van der Waals surface area contributed by atoms with Crippen molar-refractivity contribution in [3.63, 3.8) is 0 Å². The predicted octanol–water partition coefficient (Wildman–Crippen LogP) is 2.57. The lowest BCUT2D eigenvalue weighted by Crippen LogP contribution is -2.29. The summed E-state index contributed by atoms with van der Waals surface area (Å²) in [5.74, 6) is 0. The van der Waals surface area contributed by atoms with E-state index in [0.717, 1.165) is 78.5 Å². The highest BCUT2D eigenvalue weighted by Crippen LogP contribution is 1.98. The van der Waals surface area contributed by atoms with Crippen LogP contribution in [0.2, 0.25) is 0 Å². The Labute approximate surface area is 119 Å². The van der Waals surface area contributed by atoms with Gasteiger partial charge in [-0.25, -0.2) is 0 Å². The fourth-order valence-corrected chi connectivity index (χ4v) is 1.94. The molecule has 0 aliphatic heterocycles. The molecule has 0 N–H and O–H groups in total. The number of hydrogen-bond acceptors (Lipinski definition) is 4. The Balaban J connectivity index is 3.66. The van der Waals surface area contributed by atoms with Gasteiger partial charge in [-0.1, -0.05) is 0 Å². The van der Waals surface area contributed by atoms with Crippen molar-refractivity contribution in [1.29, 1.82) is 0 Å². The van der Waals surface area contributed by atoms with E-state index in [1.54, 1.807) is 0 Å². The van der Waals surface area contributed by atoms with Crippen LogP contribution in [0.5, 0.6) is 0 Å². The number of rotatable bonds is 15. The average Bonchev–Trinajstić information content (AvgIpc) is 2.43. The Morgan fingerprint density at radius 3 is 1.16 bits per heavy atom. The van der Waals surface area contributed by atoms with E-state index >= 15 is 0 Å². The van der Waals surface area contributed by atoms with E-state index < -0.39 is 0 Å². The van der Waals surface area contributed by atoms with Gasteiger partial charge in [0.1, 0.15) is 0 Å². The summed E-state index contributed by atoms with van der Waals surface area (Å²) in [5, 5.41) is 0. The molecular formula is C15H33NO3. The largest absolute Gasteiger partial charge is 0.382 e. The molecule has 0 saturated heterocycles. The van der Waals surface area contributed by atoms with Crippen molar-refractivity contribution in [2.45, 2.75) is 40.0 Å². The number of nitrogens with zero attached hydrogens (tertiary/aromatic N) is 1. The molecule has 0 bridgehead atoms. The molecule has 19 heavy (non-hydrogen) atoms. The van der Waals surface area contributed by atoms with Gasteiger partial charge in [-0.2, -0.15) is 0 Å². The van der Waals surface area contributed by atoms with Gasteiger partial charge in [-0.3, -0.25) is 0 Å². The molecule has 0 aromatic heterocycles. The third kappa shape index (κ3) is 14.1. The van der Waals surface area contributed by atoms with Crippen molar-refractivity contribution < 1.29 is 14.2 Å². The van der Waals surface area contributed by atoms with Crippen LogP contribution >= 0.6 is 0 Å². The Hall–Kier alpha value is -0.160. The van der Waals surface area contributed by atoms with E-state index in [9.17, 15) is 0 Å². The molecule has 0 heterocycles. The monoisotopic (exact) mass is 275 g/mol. The summed E-state index contributed by atoms with van der Waals surface area (Å²) in [7, 11) is 0. The first-order valence-electron chi connectivity index (χ1n) is 7.80. The van der Waals surface area contributed by atoms with Gasteiger partial charge >= 0.3 is 0 Å². The summed E-state index contributed by atoms with van der Waals surface area (Å²) < 4.78 is 16.2. The molecule has 0 amide bonds. The maximum absolute atomic E-state index is 5.39. The molecule has 116 valence electrons. The van der Waals surface area contributed by atoms with E-state index in [2.05, 4.69) is 4.90 Å². The van der Waals surface area contributed by atoms with Gasteiger partial charge in [0, 0.05) is 59.3 Å². The first-order chi connectivity index (χ1) is 9.35. The van der Waals surface area contributed by atoms with Crippen molar-refractivity contribution in [3.05, 3.63) is 0 Å². The van der Waals surface area contributed by atoms with Gasteiger partial charge in [-0.15, -0.1) is 0 Å². The molecule has 0 unspecified atom stereocenters. The Morgan fingerprint density at radius 1 is 0.579 bits per heavy atom. The van der Waals surface area contributed by atoms with Crippen molar-refractivity contribution in [1.82, 2.24) is 4.90 Å². The number of hydrogen-bond donors (Lipinski definition) is 0. The Morgan fingerprint density at radius 2 is 0.895 bits per heavy atom. The second kappa shape index (κ2) is 15.9. The Kier molecular flexibility index (Phi) is 15.8. The van der Waals surface area contributed by atoms with Crippen LogP contribution in [0.4, 0.5) is 0 Å². The molecule has 0 aliphatic rings. The smallest absolute Gasteiger partial charge is 0.0478 e. The average molecular weight is 275 g/mol. The van der Waals surface area contributed by atoms with Gasteiger partial charge in [0.05, 0.1) is 0 Å². The van der Waals surface area contributed by atoms with Crippen LogP contribution in [0.15, 0.2) is 0 Å². The van der Waals surface area contributed by atoms with Gasteiger partial charge in [0.15, 0.2) is 0 Å². The molecule has 0 aromatic rings. The lowest BCUT2D eigenvalue weighted by Gasteiger charge is -2.22. The van der Waals surface area contributed by atoms with Crippen LogP contribution in [-0.4, -0.2) is 64.2 Å². The highest BCUT2D eigenvalue weighted by molar-refractivity contribution is 4.58. The summed E-state index contributed by atoms with van der Waals surface area (Å²) in [6.45, 7) is 14.5. The highest BCUT2D eigenvalue weighted by Gasteiger charge is 2.04. The lowest BCUT2D eigenvalue weighted by atomic mass is 10.3. The lowest BCUT2D eigenvalue weighted by molar-refractivity contribution is 0.106. The fourth-order valence-electron chi connectivity index (χ4n) is 1.94. The van der Waals surface area contributed by atoms with Crippen LogP contribution in [0.3, 0.4) is 0 Å². The zero-order valence-corrected chi connectivity index (χ0v) is 13.2. The molecule has 0 rings (SSSR count). The zero-order valence-electron chi connectivity index (χ0n) is 13.2. The normalized spacial score (nSPS) is 11.4. The standard InChI is InChI=1S/C15H33NO3/c1-4-17-13-7-10-16(11-8-14-18-5-2)12-9-15-19-6-3/h4-15H2,1-3H3. The van der Waals surface area contributed by atoms with Crippen molar-refractivity contribution >= 4 is 0 Å². The predicted molar refractivity (Wildman–Crippen MR) is 79.8 cm³/mol. The molecule has 4 nitrogen and oxygen atoms in total. The van der Waals surface area contributed by atoms with Crippen LogP contribution in [-0.2, 0) is 14.2 Å². The maximum Gasteiger partial charge on any atom is 0.0478 e. The minimum atomic E-state index is 0.814. The number of ether oxygens (including phenoxy) is 3. The molecule has 4 heteroatoms. The SMILES string of the molecule is CCOCCCN(CCCOCC)CCCOCC. The molecule has 0 spiro atoms. The molecule has 0 fully saturated rings. The molecule has 0 radical (unpaired) electrons. The second-order valence-corrected chi connectivity index (χ2v) is 4.49. The second-order valence-electron chi connectivity index (χ2n) is 4.49. The quantitative estimate of drug-likeness (QED) is 0.430. The fraction of sp³-hybridized carbons (Fsp3) is 1.00. The third-order valence-corrected chi connectivity index (χ3v) is 2.90. The third-order valence-electron chi connectivity index (χ3n) is 2.90. The van der Waals surface area contributed by atoms with E-state index in [-0.39, 0.29) is 0 Å². The summed E-state index contributed by atoms with van der Waals surface area (Å²) in [6.07, 6.45) is 3.32. The van der Waals surface area contributed by atoms with Gasteiger partial charge in [0.25, 0.3) is 0 Å². The Bertz CT molecular complexity index is 139. The zero-order chi connectivity index (χ0) is 14.2. The molecule has 0 aliphatic carbocycles. The minimum absolute atomic E-state index is 0.814. The van der Waals surface area contributed by atoms with Gasteiger partial charge in [0.2, 0.25) is 0 Å².